The Morgan fingerprint density at radius 3 is 2.66 bits per heavy atom. The van der Waals surface area contributed by atoms with Gasteiger partial charge in [-0.05, 0) is 17.7 Å². The number of rotatable bonds is 8. The first kappa shape index (κ1) is 21.5. The highest BCUT2D eigenvalue weighted by Gasteiger charge is 2.54. The highest BCUT2D eigenvalue weighted by molar-refractivity contribution is 8.03. The lowest BCUT2D eigenvalue weighted by Crippen LogP contribution is -2.59. The summed E-state index contributed by atoms with van der Waals surface area (Å²) in [4.78, 5) is 52.3. The molecule has 2 atom stereocenters. The minimum absolute atomic E-state index is 0.0629. The molecule has 3 heterocycles. The summed E-state index contributed by atoms with van der Waals surface area (Å²) in [5.74, 6) is -1.78. The van der Waals surface area contributed by atoms with Crippen LogP contribution in [-0.2, 0) is 43.9 Å². The van der Waals surface area contributed by atoms with Gasteiger partial charge in [0.2, 0.25) is 5.91 Å². The second kappa shape index (κ2) is 8.78. The number of non-ortho nitro benzene ring substituents is 1. The van der Waals surface area contributed by atoms with Gasteiger partial charge in [-0.25, -0.2) is 9.78 Å². The van der Waals surface area contributed by atoms with Gasteiger partial charge in [-0.2, -0.15) is 5.10 Å². The average Bonchev–Trinajstić information content (AvgIpc) is 3.36. The monoisotopic (exact) mass is 459 g/mol. The maximum atomic E-state index is 12.5. The van der Waals surface area contributed by atoms with Gasteiger partial charge in [-0.15, -0.1) is 11.8 Å². The van der Waals surface area contributed by atoms with E-state index in [2.05, 4.69) is 10.1 Å². The van der Waals surface area contributed by atoms with E-state index in [1.165, 1.54) is 51.9 Å². The van der Waals surface area contributed by atoms with E-state index in [1.54, 1.807) is 12.5 Å². The van der Waals surface area contributed by atoms with E-state index in [4.69, 9.17) is 9.47 Å². The van der Waals surface area contributed by atoms with E-state index >= 15 is 0 Å². The molecule has 12 nitrogen and oxygen atoms in total. The molecule has 0 N–H and O–H groups in total. The Kier molecular flexibility index (Phi) is 5.90. The molecule has 1 aromatic heterocycles. The van der Waals surface area contributed by atoms with Gasteiger partial charge in [0.25, 0.3) is 5.69 Å². The molecule has 13 heteroatoms. The Morgan fingerprint density at radius 2 is 2.00 bits per heavy atom. The van der Waals surface area contributed by atoms with E-state index < -0.39 is 22.8 Å². The van der Waals surface area contributed by atoms with Gasteiger partial charge >= 0.3 is 11.9 Å². The number of carbonyl (C=O) groups is 3. The molecule has 2 aliphatic rings. The molecular formula is C19H17N5O7S. The van der Waals surface area contributed by atoms with Crippen LogP contribution in [0.15, 0.2) is 41.7 Å². The van der Waals surface area contributed by atoms with Gasteiger partial charge < -0.3 is 9.47 Å². The molecule has 1 fully saturated rings. The van der Waals surface area contributed by atoms with Crippen molar-refractivity contribution in [3.8, 4) is 0 Å². The van der Waals surface area contributed by atoms with Crippen LogP contribution in [0.25, 0.3) is 0 Å². The number of nitro groups is 1. The van der Waals surface area contributed by atoms with E-state index in [9.17, 15) is 24.5 Å². The Bertz CT molecular complexity index is 1110. The minimum Gasteiger partial charge on any atom is -0.464 e. The number of carbonyl (C=O) groups excluding carboxylic acids is 3. The van der Waals surface area contributed by atoms with Crippen LogP contribution in [0.5, 0.6) is 0 Å². The van der Waals surface area contributed by atoms with Gasteiger partial charge in [0.15, 0.2) is 5.82 Å². The summed E-state index contributed by atoms with van der Waals surface area (Å²) >= 11 is 1.27. The quantitative estimate of drug-likeness (QED) is 0.242. The maximum absolute atomic E-state index is 12.5. The number of aromatic nitrogens is 3. The number of hydrogen-bond donors (Lipinski definition) is 0. The predicted molar refractivity (Wildman–Crippen MR) is 108 cm³/mol. The molecule has 4 rings (SSSR count). The predicted octanol–water partition coefficient (Wildman–Crippen LogP) is 0.925. The van der Waals surface area contributed by atoms with E-state index in [-0.39, 0.29) is 42.3 Å². The number of hydrogen-bond acceptors (Lipinski definition) is 10. The highest BCUT2D eigenvalue weighted by atomic mass is 32.2. The number of aryl methyl sites for hydroxylation is 1. The van der Waals surface area contributed by atoms with Crippen molar-refractivity contribution in [2.45, 2.75) is 18.4 Å². The van der Waals surface area contributed by atoms with Crippen LogP contribution in [0.3, 0.4) is 0 Å². The molecule has 2 aliphatic heterocycles. The third-order valence-corrected chi connectivity index (χ3v) is 6.01. The SMILES string of the molecule is Cn1cnc(CC(=O)OCC2C(=O)N3C(C(=O)OCc4ccc([N+](=O)[O-])cc4)=CS[C@H]23)n1. The number of benzene rings is 1. The summed E-state index contributed by atoms with van der Waals surface area (Å²) in [6.07, 6.45) is 1.38. The smallest absolute Gasteiger partial charge is 0.355 e. The maximum Gasteiger partial charge on any atom is 0.355 e. The normalized spacial score (nSPS) is 19.1. The van der Waals surface area contributed by atoms with Crippen LogP contribution in [-0.4, -0.2) is 54.4 Å². The lowest BCUT2D eigenvalue weighted by Gasteiger charge is -2.42. The summed E-state index contributed by atoms with van der Waals surface area (Å²) < 4.78 is 11.9. The van der Waals surface area contributed by atoms with Gasteiger partial charge in [-0.3, -0.25) is 29.3 Å². The largest absolute Gasteiger partial charge is 0.464 e. The van der Waals surface area contributed by atoms with Crippen molar-refractivity contribution in [1.82, 2.24) is 19.7 Å². The molecule has 32 heavy (non-hydrogen) atoms. The fourth-order valence-corrected chi connectivity index (χ4v) is 4.39. The summed E-state index contributed by atoms with van der Waals surface area (Å²) in [6, 6.07) is 5.62. The zero-order chi connectivity index (χ0) is 22.8. The summed E-state index contributed by atoms with van der Waals surface area (Å²) in [5.41, 5.74) is 0.632. The number of β-lactam (4-membered cyclic amide) rings is 1. The van der Waals surface area contributed by atoms with Crippen LogP contribution in [0.4, 0.5) is 5.69 Å². The number of esters is 2. The average molecular weight is 459 g/mol. The molecule has 166 valence electrons. The lowest BCUT2D eigenvalue weighted by molar-refractivity contribution is -0.384. The number of nitro benzene ring substituents is 1. The van der Waals surface area contributed by atoms with Gasteiger partial charge in [0.05, 0.1) is 4.92 Å². The number of ether oxygens (including phenoxy) is 2. The van der Waals surface area contributed by atoms with Crippen LogP contribution < -0.4 is 0 Å². The lowest BCUT2D eigenvalue weighted by atomic mass is 9.98. The highest BCUT2D eigenvalue weighted by Crippen LogP contribution is 2.45. The molecule has 0 radical (unpaired) electrons. The molecule has 0 bridgehead atoms. The molecule has 0 aliphatic carbocycles. The Labute approximate surface area is 185 Å². The van der Waals surface area contributed by atoms with Crippen LogP contribution in [0, 0.1) is 16.0 Å². The molecule has 0 saturated carbocycles. The first-order chi connectivity index (χ1) is 15.3. The second-order valence-corrected chi connectivity index (χ2v) is 8.03. The molecule has 1 aromatic carbocycles. The Morgan fingerprint density at radius 1 is 1.25 bits per heavy atom. The van der Waals surface area contributed by atoms with Crippen molar-refractivity contribution in [1.29, 1.82) is 0 Å². The number of fused-ring (bicyclic) bond motifs is 1. The Hall–Kier alpha value is -3.74. The van der Waals surface area contributed by atoms with Crippen LogP contribution >= 0.6 is 11.8 Å². The van der Waals surface area contributed by atoms with Crippen molar-refractivity contribution < 1.29 is 28.8 Å². The van der Waals surface area contributed by atoms with Crippen molar-refractivity contribution in [2.75, 3.05) is 6.61 Å². The first-order valence-corrected chi connectivity index (χ1v) is 10.4. The summed E-state index contributed by atoms with van der Waals surface area (Å²) in [5, 5.41) is 15.9. The standard InChI is InChI=1S/C19H17N5O7S/c1-22-10-20-15(21-22)6-16(25)30-8-13-17(26)23-14(9-32-18(13)23)19(27)31-7-11-2-4-12(5-3-11)24(28)29/h2-5,9-10,13,18H,6-8H2,1H3/t13?,18-/m1/s1. The third kappa shape index (κ3) is 4.32. The van der Waals surface area contributed by atoms with E-state index in [1.807, 2.05) is 0 Å². The second-order valence-electron chi connectivity index (χ2n) is 7.04. The van der Waals surface area contributed by atoms with Crippen LogP contribution in [0.1, 0.15) is 11.4 Å². The molecular weight excluding hydrogens is 442 g/mol. The zero-order valence-electron chi connectivity index (χ0n) is 16.7. The van der Waals surface area contributed by atoms with Crippen molar-refractivity contribution in [2.24, 2.45) is 13.0 Å². The fraction of sp³-hybridized carbons (Fsp3) is 0.316. The third-order valence-electron chi connectivity index (χ3n) is 4.83. The zero-order valence-corrected chi connectivity index (χ0v) is 17.6. The van der Waals surface area contributed by atoms with Crippen molar-refractivity contribution >= 4 is 35.3 Å². The van der Waals surface area contributed by atoms with Gasteiger partial charge in [0, 0.05) is 24.6 Å². The number of amides is 1. The molecule has 1 unspecified atom stereocenters. The van der Waals surface area contributed by atoms with Crippen LogP contribution in [0.2, 0.25) is 0 Å². The topological polar surface area (TPSA) is 147 Å². The number of thioether (sulfide) groups is 1. The fourth-order valence-electron chi connectivity index (χ4n) is 3.19. The summed E-state index contributed by atoms with van der Waals surface area (Å²) in [6.45, 7) is -0.189. The molecule has 1 saturated heterocycles. The molecule has 0 spiro atoms. The first-order valence-electron chi connectivity index (χ1n) is 9.43. The van der Waals surface area contributed by atoms with Crippen molar-refractivity contribution in [3.05, 3.63) is 63.2 Å². The number of nitrogens with zero attached hydrogens (tertiary/aromatic N) is 5. The van der Waals surface area contributed by atoms with E-state index in [0.717, 1.165) is 0 Å². The molecule has 1 amide bonds. The van der Waals surface area contributed by atoms with Gasteiger partial charge in [-0.1, -0.05) is 0 Å². The van der Waals surface area contributed by atoms with Gasteiger partial charge in [0.1, 0.15) is 43.0 Å². The van der Waals surface area contributed by atoms with E-state index in [0.29, 0.717) is 11.4 Å². The minimum atomic E-state index is -0.677. The Balaban J connectivity index is 1.25. The van der Waals surface area contributed by atoms with Crippen molar-refractivity contribution in [3.63, 3.8) is 0 Å². The molecule has 2 aromatic rings. The summed E-state index contributed by atoms with van der Waals surface area (Å²) in [7, 11) is 1.68.